The van der Waals surface area contributed by atoms with Crippen LogP contribution in [0.3, 0.4) is 0 Å². The maximum atomic E-state index is 13.4. The molecule has 0 aliphatic carbocycles. The third-order valence-corrected chi connectivity index (χ3v) is 2.94. The summed E-state index contributed by atoms with van der Waals surface area (Å²) < 4.78 is 56.1. The maximum Gasteiger partial charge on any atom is 0.407 e. The molecule has 0 fully saturated rings. The van der Waals surface area contributed by atoms with Crippen LogP contribution in [0, 0.1) is 5.82 Å². The molecule has 2 aromatic carbocycles. The summed E-state index contributed by atoms with van der Waals surface area (Å²) in [6.45, 7) is -0.00263. The second-order valence-corrected chi connectivity index (χ2v) is 4.47. The molecule has 0 saturated carbocycles. The number of benzene rings is 2. The monoisotopic (exact) mass is 299 g/mol. The van der Waals surface area contributed by atoms with Crippen LogP contribution in [0.4, 0.5) is 17.6 Å². The largest absolute Gasteiger partial charge is 0.489 e. The lowest BCUT2D eigenvalue weighted by atomic mass is 10.1. The Balaban J connectivity index is 2.02. The van der Waals surface area contributed by atoms with Gasteiger partial charge in [0.25, 0.3) is 0 Å². The second-order valence-electron chi connectivity index (χ2n) is 4.47. The first-order valence-electron chi connectivity index (χ1n) is 6.16. The van der Waals surface area contributed by atoms with Gasteiger partial charge in [-0.05, 0) is 23.8 Å². The van der Waals surface area contributed by atoms with Gasteiger partial charge >= 0.3 is 6.18 Å². The van der Waals surface area contributed by atoms with E-state index in [9.17, 15) is 17.6 Å². The number of halogens is 4. The van der Waals surface area contributed by atoms with Crippen LogP contribution < -0.4 is 10.5 Å². The first-order valence-corrected chi connectivity index (χ1v) is 6.16. The summed E-state index contributed by atoms with van der Waals surface area (Å²) in [5.74, 6) is -0.0513. The summed E-state index contributed by atoms with van der Waals surface area (Å²) in [6, 6.07) is 9.33. The fourth-order valence-electron chi connectivity index (χ4n) is 1.74. The molecule has 21 heavy (non-hydrogen) atoms. The fraction of sp³-hybridized carbons (Fsp3) is 0.200. The number of hydrogen-bond donors (Lipinski definition) is 1. The van der Waals surface area contributed by atoms with Crippen molar-refractivity contribution in [3.05, 3.63) is 65.5 Å². The molecule has 0 aliphatic rings. The Hall–Kier alpha value is -2.08. The third kappa shape index (κ3) is 3.95. The van der Waals surface area contributed by atoms with E-state index in [4.69, 9.17) is 10.5 Å². The van der Waals surface area contributed by atoms with Crippen molar-refractivity contribution < 1.29 is 22.3 Å². The van der Waals surface area contributed by atoms with E-state index in [1.807, 2.05) is 0 Å². The maximum absolute atomic E-state index is 13.4. The van der Waals surface area contributed by atoms with E-state index < -0.39 is 18.0 Å². The van der Waals surface area contributed by atoms with Gasteiger partial charge in [0, 0.05) is 5.56 Å². The first-order chi connectivity index (χ1) is 9.88. The molecule has 0 unspecified atom stereocenters. The second kappa shape index (κ2) is 6.13. The molecule has 0 heterocycles. The first kappa shape index (κ1) is 15.3. The van der Waals surface area contributed by atoms with Gasteiger partial charge in [0.2, 0.25) is 0 Å². The molecule has 0 aromatic heterocycles. The zero-order valence-electron chi connectivity index (χ0n) is 10.9. The molecule has 1 atom stereocenters. The molecule has 6 heteroatoms. The number of rotatable bonds is 4. The standard InChI is InChI=1S/C15H13F4NO/c16-13-4-2-1-3-11(13)9-21-12-7-5-10(6-8-12)14(20)15(17,18)19/h1-8,14H,9,20H2/t14-/m0/s1. The topological polar surface area (TPSA) is 35.2 Å². The minimum absolute atomic E-state index is 0.00263. The molecule has 0 aliphatic heterocycles. The van der Waals surface area contributed by atoms with Crippen LogP contribution in [-0.4, -0.2) is 6.18 Å². The highest BCUT2D eigenvalue weighted by molar-refractivity contribution is 5.30. The van der Waals surface area contributed by atoms with Crippen molar-refractivity contribution in [3.63, 3.8) is 0 Å². The van der Waals surface area contributed by atoms with E-state index >= 15 is 0 Å². The quantitative estimate of drug-likeness (QED) is 0.867. The molecule has 2 rings (SSSR count). The number of hydrogen-bond acceptors (Lipinski definition) is 2. The van der Waals surface area contributed by atoms with Crippen LogP contribution in [0.2, 0.25) is 0 Å². The molecule has 0 radical (unpaired) electrons. The highest BCUT2D eigenvalue weighted by atomic mass is 19.4. The minimum atomic E-state index is -4.49. The van der Waals surface area contributed by atoms with Crippen molar-refractivity contribution in [2.75, 3.05) is 0 Å². The lowest BCUT2D eigenvalue weighted by Crippen LogP contribution is -2.28. The Morgan fingerprint density at radius 1 is 1.00 bits per heavy atom. The van der Waals surface area contributed by atoms with E-state index in [2.05, 4.69) is 0 Å². The summed E-state index contributed by atoms with van der Waals surface area (Å²) in [5.41, 5.74) is 5.41. The smallest absolute Gasteiger partial charge is 0.407 e. The van der Waals surface area contributed by atoms with Crippen LogP contribution >= 0.6 is 0 Å². The Morgan fingerprint density at radius 3 is 2.19 bits per heavy atom. The van der Waals surface area contributed by atoms with Gasteiger partial charge < -0.3 is 10.5 Å². The van der Waals surface area contributed by atoms with Crippen molar-refractivity contribution in [1.82, 2.24) is 0 Å². The highest BCUT2D eigenvalue weighted by Crippen LogP contribution is 2.31. The van der Waals surface area contributed by atoms with Crippen LogP contribution in [-0.2, 0) is 6.61 Å². The number of ether oxygens (including phenoxy) is 1. The Morgan fingerprint density at radius 2 is 1.62 bits per heavy atom. The zero-order chi connectivity index (χ0) is 15.5. The van der Waals surface area contributed by atoms with Gasteiger partial charge in [-0.2, -0.15) is 13.2 Å². The van der Waals surface area contributed by atoms with Gasteiger partial charge in [0.1, 0.15) is 24.2 Å². The summed E-state index contributed by atoms with van der Waals surface area (Å²) >= 11 is 0. The van der Waals surface area contributed by atoms with E-state index in [-0.39, 0.29) is 12.2 Å². The van der Waals surface area contributed by atoms with Crippen molar-refractivity contribution in [3.8, 4) is 5.75 Å². The average molecular weight is 299 g/mol. The van der Waals surface area contributed by atoms with Gasteiger partial charge in [-0.15, -0.1) is 0 Å². The Kier molecular flexibility index (Phi) is 4.47. The number of nitrogens with two attached hydrogens (primary N) is 1. The minimum Gasteiger partial charge on any atom is -0.489 e. The number of alkyl halides is 3. The summed E-state index contributed by atoms with van der Waals surface area (Å²) in [6.07, 6.45) is -4.49. The molecule has 2 aromatic rings. The molecule has 0 amide bonds. The van der Waals surface area contributed by atoms with Crippen LogP contribution in [0.1, 0.15) is 17.2 Å². The van der Waals surface area contributed by atoms with E-state index in [1.165, 1.54) is 30.3 Å². The molecule has 0 spiro atoms. The van der Waals surface area contributed by atoms with Gasteiger partial charge in [-0.1, -0.05) is 30.3 Å². The fourth-order valence-corrected chi connectivity index (χ4v) is 1.74. The summed E-state index contributed by atoms with van der Waals surface area (Å²) in [4.78, 5) is 0. The Labute approximate surface area is 119 Å². The third-order valence-electron chi connectivity index (χ3n) is 2.94. The molecule has 112 valence electrons. The summed E-state index contributed by atoms with van der Waals surface area (Å²) in [7, 11) is 0. The lowest BCUT2D eigenvalue weighted by Gasteiger charge is -2.16. The molecule has 2 nitrogen and oxygen atoms in total. The lowest BCUT2D eigenvalue weighted by molar-refractivity contribution is -0.149. The SMILES string of the molecule is N[C@@H](c1ccc(OCc2ccccc2F)cc1)C(F)(F)F. The van der Waals surface area contributed by atoms with Gasteiger partial charge in [-0.3, -0.25) is 0 Å². The predicted molar refractivity (Wildman–Crippen MR) is 70.2 cm³/mol. The Bertz CT molecular complexity index is 595. The van der Waals surface area contributed by atoms with Gasteiger partial charge in [0.05, 0.1) is 0 Å². The van der Waals surface area contributed by atoms with Crippen molar-refractivity contribution >= 4 is 0 Å². The summed E-state index contributed by atoms with van der Waals surface area (Å²) in [5, 5.41) is 0. The van der Waals surface area contributed by atoms with Crippen LogP contribution in [0.5, 0.6) is 5.75 Å². The molecule has 0 bridgehead atoms. The van der Waals surface area contributed by atoms with E-state index in [0.29, 0.717) is 11.3 Å². The van der Waals surface area contributed by atoms with Gasteiger partial charge in [-0.25, -0.2) is 4.39 Å². The molecular formula is C15H13F4NO. The molecule has 2 N–H and O–H groups in total. The van der Waals surface area contributed by atoms with Crippen molar-refractivity contribution in [1.29, 1.82) is 0 Å². The van der Waals surface area contributed by atoms with Crippen LogP contribution in [0.25, 0.3) is 0 Å². The zero-order valence-corrected chi connectivity index (χ0v) is 10.9. The highest BCUT2D eigenvalue weighted by Gasteiger charge is 2.37. The normalized spacial score (nSPS) is 13.0. The molecule has 0 saturated heterocycles. The van der Waals surface area contributed by atoms with Gasteiger partial charge in [0.15, 0.2) is 0 Å². The van der Waals surface area contributed by atoms with Crippen LogP contribution in [0.15, 0.2) is 48.5 Å². The predicted octanol–water partition coefficient (Wildman–Crippen LogP) is 3.97. The van der Waals surface area contributed by atoms with E-state index in [0.717, 1.165) is 0 Å². The van der Waals surface area contributed by atoms with Crippen molar-refractivity contribution in [2.24, 2.45) is 5.73 Å². The van der Waals surface area contributed by atoms with Crippen molar-refractivity contribution in [2.45, 2.75) is 18.8 Å². The van der Waals surface area contributed by atoms with E-state index in [1.54, 1.807) is 18.2 Å². The average Bonchev–Trinajstić information content (AvgIpc) is 2.45. The molecular weight excluding hydrogens is 286 g/mol.